The number of aromatic nitrogens is 2. The molecule has 10 nitrogen and oxygen atoms in total. The maximum absolute atomic E-state index is 12.7. The summed E-state index contributed by atoms with van der Waals surface area (Å²) in [5.41, 5.74) is 1.23. The molecule has 2 aliphatic rings. The van der Waals surface area contributed by atoms with E-state index in [4.69, 9.17) is 9.47 Å². The van der Waals surface area contributed by atoms with Crippen LogP contribution in [-0.4, -0.2) is 71.1 Å². The number of ether oxygens (including phenoxy) is 2. The average Bonchev–Trinajstić information content (AvgIpc) is 2.70. The molecule has 2 aromatic rings. The van der Waals surface area contributed by atoms with Crippen molar-refractivity contribution in [1.82, 2.24) is 14.5 Å². The third-order valence-electron chi connectivity index (χ3n) is 6.04. The van der Waals surface area contributed by atoms with E-state index >= 15 is 0 Å². The van der Waals surface area contributed by atoms with Crippen molar-refractivity contribution in [2.24, 2.45) is 7.05 Å². The third kappa shape index (κ3) is 6.14. The van der Waals surface area contributed by atoms with Crippen molar-refractivity contribution in [3.05, 3.63) is 39.4 Å². The second-order valence-electron chi connectivity index (χ2n) is 10.0. The van der Waals surface area contributed by atoms with Crippen molar-refractivity contribution in [2.45, 2.75) is 45.4 Å². The Balaban J connectivity index is 1.61. The lowest BCUT2D eigenvalue weighted by Gasteiger charge is -2.46. The number of anilines is 4. The van der Waals surface area contributed by atoms with Gasteiger partial charge in [-0.15, -0.1) is 0 Å². The Labute approximate surface area is 213 Å². The van der Waals surface area contributed by atoms with E-state index in [1.807, 2.05) is 32.9 Å². The number of nitrogens with one attached hydrogen (secondary N) is 2. The zero-order valence-electron chi connectivity index (χ0n) is 20.8. The zero-order chi connectivity index (χ0) is 25.3. The second kappa shape index (κ2) is 10.2. The summed E-state index contributed by atoms with van der Waals surface area (Å²) in [5.74, 6) is 0.183. The summed E-state index contributed by atoms with van der Waals surface area (Å²) in [6.07, 6.45) is 1.06. The molecule has 1 aromatic heterocycles. The van der Waals surface area contributed by atoms with Gasteiger partial charge in [-0.25, -0.2) is 9.78 Å². The van der Waals surface area contributed by atoms with Gasteiger partial charge in [-0.2, -0.15) is 0 Å². The van der Waals surface area contributed by atoms with Gasteiger partial charge < -0.3 is 24.3 Å². The lowest BCUT2D eigenvalue weighted by molar-refractivity contribution is -0.0691. The van der Waals surface area contributed by atoms with Crippen LogP contribution in [0.2, 0.25) is 0 Å². The summed E-state index contributed by atoms with van der Waals surface area (Å²) in [6.45, 7) is 11.9. The van der Waals surface area contributed by atoms with Gasteiger partial charge in [-0.1, -0.05) is 0 Å². The first-order valence-corrected chi connectivity index (χ1v) is 12.5. The molecule has 2 saturated heterocycles. The molecular weight excluding hydrogens is 516 g/mol. The number of carbonyl (C=O) groups excluding carboxylic acids is 1. The number of nitrogens with zero attached hydrogens (tertiary/aromatic N) is 4. The molecular formula is C24H33BrN6O4. The quantitative estimate of drug-likeness (QED) is 0.585. The van der Waals surface area contributed by atoms with Crippen LogP contribution in [0.5, 0.6) is 0 Å². The highest BCUT2D eigenvalue weighted by Crippen LogP contribution is 2.33. The topological polar surface area (TPSA) is 101 Å². The first-order valence-electron chi connectivity index (χ1n) is 11.7. The van der Waals surface area contributed by atoms with Crippen molar-refractivity contribution in [2.75, 3.05) is 48.4 Å². The van der Waals surface area contributed by atoms with Gasteiger partial charge in [-0.3, -0.25) is 15.0 Å². The van der Waals surface area contributed by atoms with Crippen LogP contribution in [0.1, 0.15) is 27.7 Å². The average molecular weight is 549 g/mol. The van der Waals surface area contributed by atoms with E-state index in [1.54, 1.807) is 19.3 Å². The van der Waals surface area contributed by atoms with Gasteiger partial charge in [0.1, 0.15) is 10.2 Å². The lowest BCUT2D eigenvalue weighted by Crippen LogP contribution is -2.59. The maximum Gasteiger partial charge on any atom is 0.412 e. The van der Waals surface area contributed by atoms with E-state index in [9.17, 15) is 9.59 Å². The van der Waals surface area contributed by atoms with Crippen molar-refractivity contribution < 1.29 is 14.3 Å². The predicted molar refractivity (Wildman–Crippen MR) is 140 cm³/mol. The molecule has 35 heavy (non-hydrogen) atoms. The van der Waals surface area contributed by atoms with E-state index in [2.05, 4.69) is 48.3 Å². The highest BCUT2D eigenvalue weighted by Gasteiger charge is 2.33. The van der Waals surface area contributed by atoms with Gasteiger partial charge >= 0.3 is 6.09 Å². The van der Waals surface area contributed by atoms with Crippen LogP contribution in [0.4, 0.5) is 27.7 Å². The maximum atomic E-state index is 12.7. The molecule has 0 spiro atoms. The lowest BCUT2D eigenvalue weighted by atomic mass is 10.1. The van der Waals surface area contributed by atoms with Crippen molar-refractivity contribution in [1.29, 1.82) is 0 Å². The number of amides is 1. The summed E-state index contributed by atoms with van der Waals surface area (Å²) in [4.78, 5) is 34.2. The van der Waals surface area contributed by atoms with Crippen molar-refractivity contribution in [3.63, 3.8) is 0 Å². The van der Waals surface area contributed by atoms with Crippen LogP contribution in [0.15, 0.2) is 33.8 Å². The van der Waals surface area contributed by atoms with Gasteiger partial charge in [0.2, 0.25) is 0 Å². The van der Waals surface area contributed by atoms with Crippen molar-refractivity contribution >= 4 is 44.9 Å². The minimum atomic E-state index is -0.629. The molecule has 0 radical (unpaired) electrons. The van der Waals surface area contributed by atoms with Gasteiger partial charge in [0.15, 0.2) is 5.82 Å². The van der Waals surface area contributed by atoms with Gasteiger partial charge in [0.05, 0.1) is 30.6 Å². The van der Waals surface area contributed by atoms with E-state index in [0.29, 0.717) is 22.0 Å². The molecule has 2 N–H and O–H groups in total. The minimum Gasteiger partial charge on any atom is -0.444 e. The Kier molecular flexibility index (Phi) is 7.39. The summed E-state index contributed by atoms with van der Waals surface area (Å²) in [5, 5.41) is 6.00. The van der Waals surface area contributed by atoms with Gasteiger partial charge in [0, 0.05) is 44.6 Å². The number of carbonyl (C=O) groups is 1. The largest absolute Gasteiger partial charge is 0.444 e. The number of hydrogen-bond acceptors (Lipinski definition) is 8. The van der Waals surface area contributed by atoms with Gasteiger partial charge in [0.25, 0.3) is 5.56 Å². The molecule has 1 aromatic carbocycles. The fourth-order valence-corrected chi connectivity index (χ4v) is 4.76. The highest BCUT2D eigenvalue weighted by atomic mass is 79.9. The Bertz CT molecular complexity index is 1140. The van der Waals surface area contributed by atoms with Crippen LogP contribution in [0, 0.1) is 0 Å². The third-order valence-corrected chi connectivity index (χ3v) is 6.42. The molecule has 0 saturated carbocycles. The molecule has 2 fully saturated rings. The first-order chi connectivity index (χ1) is 16.5. The molecule has 190 valence electrons. The SMILES string of the molecule is C[C@H]1CN(C2COC2)CCN1c1ccc(Nc2nc(Br)cn(C)c2=O)cc1NC(=O)OC(C)(C)C. The molecule has 4 rings (SSSR count). The van der Waals surface area contributed by atoms with E-state index < -0.39 is 11.7 Å². The zero-order valence-corrected chi connectivity index (χ0v) is 22.4. The molecule has 1 amide bonds. The van der Waals surface area contributed by atoms with Gasteiger partial charge in [-0.05, 0) is 61.8 Å². The number of piperazine rings is 1. The molecule has 0 unspecified atom stereocenters. The first kappa shape index (κ1) is 25.5. The number of hydrogen-bond donors (Lipinski definition) is 2. The number of rotatable bonds is 5. The highest BCUT2D eigenvalue weighted by molar-refractivity contribution is 9.10. The molecule has 0 aliphatic carbocycles. The number of aryl methyl sites for hydroxylation is 1. The Hall–Kier alpha value is -2.63. The monoisotopic (exact) mass is 548 g/mol. The minimum absolute atomic E-state index is 0.183. The molecule has 3 heterocycles. The second-order valence-corrected chi connectivity index (χ2v) is 10.9. The van der Waals surface area contributed by atoms with Crippen LogP contribution < -0.4 is 21.1 Å². The summed E-state index contributed by atoms with van der Waals surface area (Å²) < 4.78 is 12.9. The van der Waals surface area contributed by atoms with Crippen LogP contribution in [0.25, 0.3) is 0 Å². The number of halogens is 1. The van der Waals surface area contributed by atoms with Crippen LogP contribution in [-0.2, 0) is 16.5 Å². The number of benzene rings is 1. The Morgan fingerprint density at radius 1 is 1.26 bits per heavy atom. The summed E-state index contributed by atoms with van der Waals surface area (Å²) >= 11 is 3.33. The smallest absolute Gasteiger partial charge is 0.412 e. The van der Waals surface area contributed by atoms with E-state index in [0.717, 1.165) is 38.5 Å². The Morgan fingerprint density at radius 3 is 2.63 bits per heavy atom. The fraction of sp³-hybridized carbons (Fsp3) is 0.542. The van der Waals surface area contributed by atoms with Crippen LogP contribution in [0.3, 0.4) is 0 Å². The van der Waals surface area contributed by atoms with E-state index in [-0.39, 0.29) is 17.4 Å². The van der Waals surface area contributed by atoms with Crippen LogP contribution >= 0.6 is 15.9 Å². The Morgan fingerprint density at radius 2 is 2.00 bits per heavy atom. The summed E-state index contributed by atoms with van der Waals surface area (Å²) in [6, 6.07) is 6.37. The standard InChI is InChI=1S/C24H33BrN6O4/c1-15-11-30(17-13-34-14-17)8-9-31(15)19-7-6-16(10-18(19)27-23(33)35-24(2,3)4)26-21-22(32)29(5)12-20(25)28-21/h6-7,10,12,15,17H,8-9,11,13-14H2,1-5H3,(H,26,28)(H,27,33)/t15-/m0/s1. The van der Waals surface area contributed by atoms with E-state index in [1.165, 1.54) is 4.57 Å². The predicted octanol–water partition coefficient (Wildman–Crippen LogP) is 3.54. The summed E-state index contributed by atoms with van der Waals surface area (Å²) in [7, 11) is 1.66. The fourth-order valence-electron chi connectivity index (χ4n) is 4.27. The molecule has 1 atom stereocenters. The normalized spacial score (nSPS) is 19.3. The van der Waals surface area contributed by atoms with Crippen molar-refractivity contribution in [3.8, 4) is 0 Å². The molecule has 0 bridgehead atoms. The molecule has 2 aliphatic heterocycles. The molecule has 11 heteroatoms.